The van der Waals surface area contributed by atoms with Crippen molar-refractivity contribution in [2.24, 2.45) is 7.05 Å². The largest absolute Gasteiger partial charge is 0.298 e. The van der Waals surface area contributed by atoms with E-state index in [9.17, 15) is 0 Å². The van der Waals surface area contributed by atoms with Crippen molar-refractivity contribution in [2.75, 3.05) is 13.1 Å². The third-order valence-electron chi connectivity index (χ3n) is 3.10. The van der Waals surface area contributed by atoms with E-state index in [1.54, 1.807) is 0 Å². The van der Waals surface area contributed by atoms with Gasteiger partial charge < -0.3 is 0 Å². The van der Waals surface area contributed by atoms with Crippen molar-refractivity contribution in [3.05, 3.63) is 17.5 Å². The van der Waals surface area contributed by atoms with E-state index < -0.39 is 0 Å². The standard InChI is InChI=1S/C11H19N3/c1-3-10-8-12-13(2)11(10)9-14-6-4-5-7-14/h8H,3-7,9H2,1-2H3. The highest BCUT2D eigenvalue weighted by molar-refractivity contribution is 5.17. The molecule has 0 bridgehead atoms. The van der Waals surface area contributed by atoms with E-state index in [-0.39, 0.29) is 0 Å². The lowest BCUT2D eigenvalue weighted by molar-refractivity contribution is 0.320. The first-order valence-electron chi connectivity index (χ1n) is 5.53. The van der Waals surface area contributed by atoms with Crippen molar-refractivity contribution in [1.82, 2.24) is 14.7 Å². The van der Waals surface area contributed by atoms with Crippen LogP contribution in [0.1, 0.15) is 31.0 Å². The van der Waals surface area contributed by atoms with Crippen molar-refractivity contribution >= 4 is 0 Å². The number of hydrogen-bond donors (Lipinski definition) is 0. The fourth-order valence-corrected chi connectivity index (χ4v) is 2.16. The molecule has 1 saturated heterocycles. The van der Waals surface area contributed by atoms with Gasteiger partial charge in [-0.1, -0.05) is 6.92 Å². The molecule has 14 heavy (non-hydrogen) atoms. The van der Waals surface area contributed by atoms with Gasteiger partial charge in [0.15, 0.2) is 0 Å². The van der Waals surface area contributed by atoms with Gasteiger partial charge in [-0.2, -0.15) is 5.10 Å². The highest BCUT2D eigenvalue weighted by Crippen LogP contribution is 2.15. The number of aryl methyl sites for hydroxylation is 2. The third kappa shape index (κ3) is 1.82. The second-order valence-electron chi connectivity index (χ2n) is 4.08. The molecule has 2 heterocycles. The lowest BCUT2D eigenvalue weighted by Crippen LogP contribution is -2.21. The molecule has 0 aliphatic carbocycles. The van der Waals surface area contributed by atoms with Crippen LogP contribution in [-0.2, 0) is 20.0 Å². The summed E-state index contributed by atoms with van der Waals surface area (Å²) in [6, 6.07) is 0. The SMILES string of the molecule is CCc1cnn(C)c1CN1CCCC1. The van der Waals surface area contributed by atoms with Crippen molar-refractivity contribution in [3.63, 3.8) is 0 Å². The Labute approximate surface area is 85.7 Å². The maximum absolute atomic E-state index is 4.32. The lowest BCUT2D eigenvalue weighted by Gasteiger charge is -2.15. The third-order valence-corrected chi connectivity index (χ3v) is 3.10. The van der Waals surface area contributed by atoms with E-state index in [2.05, 4.69) is 16.9 Å². The quantitative estimate of drug-likeness (QED) is 0.726. The molecule has 0 N–H and O–H groups in total. The number of nitrogens with zero attached hydrogens (tertiary/aromatic N) is 3. The second kappa shape index (κ2) is 4.13. The smallest absolute Gasteiger partial charge is 0.0552 e. The Morgan fingerprint density at radius 3 is 2.71 bits per heavy atom. The maximum Gasteiger partial charge on any atom is 0.0552 e. The van der Waals surface area contributed by atoms with Crippen LogP contribution in [0.3, 0.4) is 0 Å². The molecule has 3 nitrogen and oxygen atoms in total. The van der Waals surface area contributed by atoms with Gasteiger partial charge in [-0.15, -0.1) is 0 Å². The minimum Gasteiger partial charge on any atom is -0.298 e. The number of likely N-dealkylation sites (tertiary alicyclic amines) is 1. The molecule has 1 aliphatic rings. The van der Waals surface area contributed by atoms with Gasteiger partial charge in [0.1, 0.15) is 0 Å². The second-order valence-corrected chi connectivity index (χ2v) is 4.08. The normalized spacial score (nSPS) is 17.9. The predicted molar refractivity (Wildman–Crippen MR) is 57.1 cm³/mol. The predicted octanol–water partition coefficient (Wildman–Crippen LogP) is 1.58. The average Bonchev–Trinajstić information content (AvgIpc) is 2.79. The van der Waals surface area contributed by atoms with E-state index in [0.717, 1.165) is 13.0 Å². The topological polar surface area (TPSA) is 21.1 Å². The van der Waals surface area contributed by atoms with Gasteiger partial charge in [0.2, 0.25) is 0 Å². The number of hydrogen-bond acceptors (Lipinski definition) is 2. The Morgan fingerprint density at radius 2 is 2.07 bits per heavy atom. The summed E-state index contributed by atoms with van der Waals surface area (Å²) in [6.45, 7) is 5.80. The first-order valence-corrected chi connectivity index (χ1v) is 5.53. The Hall–Kier alpha value is -0.830. The molecule has 0 saturated carbocycles. The van der Waals surface area contributed by atoms with E-state index in [1.165, 1.54) is 37.2 Å². The van der Waals surface area contributed by atoms with Gasteiger partial charge in [0.25, 0.3) is 0 Å². The summed E-state index contributed by atoms with van der Waals surface area (Å²) in [5, 5.41) is 4.32. The van der Waals surface area contributed by atoms with E-state index in [0.29, 0.717) is 0 Å². The molecule has 1 aromatic heterocycles. The van der Waals surface area contributed by atoms with Crippen LogP contribution in [0.5, 0.6) is 0 Å². The highest BCUT2D eigenvalue weighted by atomic mass is 15.3. The molecule has 1 fully saturated rings. The summed E-state index contributed by atoms with van der Waals surface area (Å²) >= 11 is 0. The van der Waals surface area contributed by atoms with Crippen molar-refractivity contribution in [3.8, 4) is 0 Å². The first-order chi connectivity index (χ1) is 6.81. The lowest BCUT2D eigenvalue weighted by atomic mass is 10.2. The molecule has 0 radical (unpaired) electrons. The zero-order chi connectivity index (χ0) is 9.97. The van der Waals surface area contributed by atoms with Crippen LogP contribution in [0.2, 0.25) is 0 Å². The molecule has 0 aromatic carbocycles. The van der Waals surface area contributed by atoms with Crippen LogP contribution >= 0.6 is 0 Å². The molecular weight excluding hydrogens is 174 g/mol. The van der Waals surface area contributed by atoms with E-state index >= 15 is 0 Å². The van der Waals surface area contributed by atoms with Crippen molar-refractivity contribution < 1.29 is 0 Å². The molecule has 0 amide bonds. The number of aromatic nitrogens is 2. The average molecular weight is 193 g/mol. The molecule has 2 rings (SSSR count). The van der Waals surface area contributed by atoms with Crippen LogP contribution in [0, 0.1) is 0 Å². The molecule has 1 aliphatic heterocycles. The van der Waals surface area contributed by atoms with Gasteiger partial charge >= 0.3 is 0 Å². The molecule has 0 unspecified atom stereocenters. The summed E-state index contributed by atoms with van der Waals surface area (Å²) in [5.41, 5.74) is 2.80. The Morgan fingerprint density at radius 1 is 1.36 bits per heavy atom. The summed E-state index contributed by atoms with van der Waals surface area (Å²) in [7, 11) is 2.05. The fourth-order valence-electron chi connectivity index (χ4n) is 2.16. The fraction of sp³-hybridized carbons (Fsp3) is 0.727. The summed E-state index contributed by atoms with van der Waals surface area (Å²) in [5.74, 6) is 0. The summed E-state index contributed by atoms with van der Waals surface area (Å²) in [6.07, 6.45) is 5.82. The van der Waals surface area contributed by atoms with Gasteiger partial charge in [0, 0.05) is 13.6 Å². The molecule has 78 valence electrons. The maximum atomic E-state index is 4.32. The Kier molecular flexibility index (Phi) is 2.87. The Balaban J connectivity index is 2.09. The first kappa shape index (κ1) is 9.71. The minimum absolute atomic E-state index is 1.08. The van der Waals surface area contributed by atoms with Crippen molar-refractivity contribution in [1.29, 1.82) is 0 Å². The van der Waals surface area contributed by atoms with Gasteiger partial charge in [-0.3, -0.25) is 9.58 Å². The van der Waals surface area contributed by atoms with Crippen LogP contribution in [0.25, 0.3) is 0 Å². The molecule has 1 aromatic rings. The summed E-state index contributed by atoms with van der Waals surface area (Å²) in [4.78, 5) is 2.52. The zero-order valence-corrected chi connectivity index (χ0v) is 9.16. The van der Waals surface area contributed by atoms with E-state index in [4.69, 9.17) is 0 Å². The highest BCUT2D eigenvalue weighted by Gasteiger charge is 2.15. The van der Waals surface area contributed by atoms with E-state index in [1.807, 2.05) is 17.9 Å². The van der Waals surface area contributed by atoms with Crippen molar-refractivity contribution in [2.45, 2.75) is 32.7 Å². The van der Waals surface area contributed by atoms with Crippen LogP contribution in [-0.4, -0.2) is 27.8 Å². The molecule has 3 heteroatoms. The monoisotopic (exact) mass is 193 g/mol. The van der Waals surface area contributed by atoms with Gasteiger partial charge in [-0.05, 0) is 37.9 Å². The van der Waals surface area contributed by atoms with Crippen LogP contribution in [0.15, 0.2) is 6.20 Å². The van der Waals surface area contributed by atoms with Crippen LogP contribution in [0.4, 0.5) is 0 Å². The van der Waals surface area contributed by atoms with Gasteiger partial charge in [-0.25, -0.2) is 0 Å². The molecule has 0 atom stereocenters. The van der Waals surface area contributed by atoms with Gasteiger partial charge in [0.05, 0.1) is 11.9 Å². The molecular formula is C11H19N3. The zero-order valence-electron chi connectivity index (χ0n) is 9.16. The minimum atomic E-state index is 1.08. The summed E-state index contributed by atoms with van der Waals surface area (Å²) < 4.78 is 2.02. The molecule has 0 spiro atoms. The Bertz CT molecular complexity index is 297. The van der Waals surface area contributed by atoms with Crippen LogP contribution < -0.4 is 0 Å². The number of rotatable bonds is 3.